The summed E-state index contributed by atoms with van der Waals surface area (Å²) in [5.74, 6) is 0. The minimum atomic E-state index is -0.496. The summed E-state index contributed by atoms with van der Waals surface area (Å²) in [5, 5.41) is 0. The van der Waals surface area contributed by atoms with Crippen LogP contribution in [0.2, 0.25) is 0 Å². The predicted octanol–water partition coefficient (Wildman–Crippen LogP) is 3.19. The summed E-state index contributed by atoms with van der Waals surface area (Å²) in [6.07, 6.45) is 11.9. The van der Waals surface area contributed by atoms with Crippen LogP contribution in [0.1, 0.15) is 53.4 Å². The quantitative estimate of drug-likeness (QED) is 0.433. The van der Waals surface area contributed by atoms with E-state index in [-0.39, 0.29) is 8.41 Å². The molecular weight excluding hydrogens is 186 g/mol. The van der Waals surface area contributed by atoms with E-state index in [0.29, 0.717) is 0 Å². The van der Waals surface area contributed by atoms with Gasteiger partial charge in [0.2, 0.25) is 0 Å². The molecule has 0 rings (SSSR count). The monoisotopic (exact) mass is 218 g/mol. The van der Waals surface area contributed by atoms with Gasteiger partial charge in [-0.3, -0.25) is 0 Å². The van der Waals surface area contributed by atoms with Crippen LogP contribution in [0.25, 0.3) is 0 Å². The molecular formula is C12H32BP. The molecule has 0 aromatic rings. The summed E-state index contributed by atoms with van der Waals surface area (Å²) in [4.78, 5) is 0. The van der Waals surface area contributed by atoms with Crippen molar-refractivity contribution in [3.05, 3.63) is 0 Å². The van der Waals surface area contributed by atoms with Crippen LogP contribution in [0, 0.1) is 0 Å². The fraction of sp³-hybridized carbons (Fsp3) is 1.00. The largest absolute Gasteiger partial charge is 0.0626 e. The van der Waals surface area contributed by atoms with Gasteiger partial charge in [0, 0.05) is 7.26 Å². The van der Waals surface area contributed by atoms with Crippen molar-refractivity contribution in [2.24, 2.45) is 0 Å². The zero-order valence-corrected chi connectivity index (χ0v) is 11.0. The molecule has 0 radical (unpaired) electrons. The fourth-order valence-corrected chi connectivity index (χ4v) is 7.70. The van der Waals surface area contributed by atoms with E-state index in [1.807, 2.05) is 0 Å². The van der Waals surface area contributed by atoms with Gasteiger partial charge >= 0.3 is 0 Å². The van der Waals surface area contributed by atoms with Gasteiger partial charge in [-0.25, -0.2) is 0 Å². The average molecular weight is 218 g/mol. The van der Waals surface area contributed by atoms with Crippen molar-refractivity contribution in [2.75, 3.05) is 24.6 Å². The van der Waals surface area contributed by atoms with Gasteiger partial charge in [-0.2, -0.15) is 0 Å². The predicted molar refractivity (Wildman–Crippen MR) is 78.9 cm³/mol. The van der Waals surface area contributed by atoms with Gasteiger partial charge in [-0.05, 0) is 25.7 Å². The van der Waals surface area contributed by atoms with Gasteiger partial charge in [0.25, 0.3) is 0 Å². The summed E-state index contributed by atoms with van der Waals surface area (Å²) in [6, 6.07) is 0. The third kappa shape index (κ3) is 6.07. The molecule has 0 saturated carbocycles. The second-order valence-electron chi connectivity index (χ2n) is 4.24. The molecule has 0 nitrogen and oxygen atoms in total. The maximum absolute atomic E-state index is 2.36. The second kappa shape index (κ2) is 10.0. The molecule has 0 amide bonds. The maximum Gasteiger partial charge on any atom is 0.0591 e. The lowest BCUT2D eigenvalue weighted by Gasteiger charge is -2.26. The van der Waals surface area contributed by atoms with E-state index in [4.69, 9.17) is 0 Å². The van der Waals surface area contributed by atoms with Crippen LogP contribution >= 0.6 is 7.26 Å². The highest BCUT2D eigenvalue weighted by molar-refractivity contribution is 7.75. The lowest BCUT2D eigenvalue weighted by Crippen LogP contribution is -2.10. The second-order valence-corrected chi connectivity index (χ2v) is 8.71. The van der Waals surface area contributed by atoms with Crippen molar-refractivity contribution in [1.29, 1.82) is 0 Å². The Kier molecular flexibility index (Phi) is 12.1. The van der Waals surface area contributed by atoms with Gasteiger partial charge in [0.15, 0.2) is 0 Å². The first-order valence-electron chi connectivity index (χ1n) is 6.09. The topological polar surface area (TPSA) is 0 Å². The standard InChI is InChI=1S/C12H28P.BH4/c1-5-9-13(10-6-2,11-7-3)12-8-4;/h5-12H2,1-4H3;1H4/q+1;-1. The highest BCUT2D eigenvalue weighted by Gasteiger charge is 2.32. The number of hydrogen-bond donors (Lipinski definition) is 0. The minimum Gasteiger partial charge on any atom is -0.0626 e. The Morgan fingerprint density at radius 3 is 0.929 bits per heavy atom. The van der Waals surface area contributed by atoms with Crippen molar-refractivity contribution >= 4 is 15.7 Å². The molecule has 0 atom stereocenters. The molecule has 0 heterocycles. The van der Waals surface area contributed by atoms with E-state index in [1.165, 1.54) is 25.7 Å². The molecule has 0 aliphatic rings. The normalized spacial score (nSPS) is 11.1. The Balaban J connectivity index is 0. The lowest BCUT2D eigenvalue weighted by molar-refractivity contribution is 0.963. The average Bonchev–Trinajstić information content (AvgIpc) is 2.06. The Hall–Kier alpha value is 0.495. The van der Waals surface area contributed by atoms with E-state index in [0.717, 1.165) is 0 Å². The molecule has 0 unspecified atom stereocenters. The Bertz CT molecular complexity index is 85.4. The van der Waals surface area contributed by atoms with Gasteiger partial charge in [0.1, 0.15) is 0 Å². The smallest absolute Gasteiger partial charge is 0.0591 e. The number of hydrogen-bond acceptors (Lipinski definition) is 0. The van der Waals surface area contributed by atoms with Crippen molar-refractivity contribution < 1.29 is 0 Å². The first kappa shape index (κ1) is 16.9. The van der Waals surface area contributed by atoms with Gasteiger partial charge < -0.3 is 0 Å². The van der Waals surface area contributed by atoms with Crippen LogP contribution in [-0.4, -0.2) is 33.1 Å². The summed E-state index contributed by atoms with van der Waals surface area (Å²) in [5.41, 5.74) is 0. The lowest BCUT2D eigenvalue weighted by atomic mass is 10.5. The van der Waals surface area contributed by atoms with Crippen LogP contribution in [0.5, 0.6) is 0 Å². The molecule has 14 heavy (non-hydrogen) atoms. The minimum absolute atomic E-state index is 0. The van der Waals surface area contributed by atoms with Crippen molar-refractivity contribution in [2.45, 2.75) is 53.4 Å². The highest BCUT2D eigenvalue weighted by Crippen LogP contribution is 2.60. The van der Waals surface area contributed by atoms with Gasteiger partial charge in [0.05, 0.1) is 24.6 Å². The first-order chi connectivity index (χ1) is 6.24. The van der Waals surface area contributed by atoms with Crippen LogP contribution in [-0.2, 0) is 0 Å². The van der Waals surface area contributed by atoms with Gasteiger partial charge in [-0.1, -0.05) is 36.1 Å². The molecule has 0 aliphatic carbocycles. The molecule has 0 aromatic heterocycles. The number of rotatable bonds is 8. The zero-order valence-electron chi connectivity index (χ0n) is 10.1. The SMILES string of the molecule is CCC[P+](CCC)(CCC)CCC.[BH4-]. The summed E-state index contributed by atoms with van der Waals surface area (Å²) in [6.45, 7) is 9.43. The van der Waals surface area contributed by atoms with Crippen LogP contribution in [0.3, 0.4) is 0 Å². The molecule has 0 spiro atoms. The Labute approximate surface area is 94.2 Å². The van der Waals surface area contributed by atoms with Crippen LogP contribution in [0.4, 0.5) is 0 Å². The van der Waals surface area contributed by atoms with E-state index >= 15 is 0 Å². The summed E-state index contributed by atoms with van der Waals surface area (Å²) >= 11 is 0. The molecule has 0 bridgehead atoms. The Morgan fingerprint density at radius 2 is 0.786 bits per heavy atom. The summed E-state index contributed by atoms with van der Waals surface area (Å²) < 4.78 is 0. The van der Waals surface area contributed by atoms with E-state index in [1.54, 1.807) is 24.6 Å². The molecule has 0 fully saturated rings. The molecule has 0 saturated heterocycles. The van der Waals surface area contributed by atoms with Gasteiger partial charge in [-0.15, -0.1) is 0 Å². The van der Waals surface area contributed by atoms with E-state index in [9.17, 15) is 0 Å². The zero-order chi connectivity index (χ0) is 10.2. The van der Waals surface area contributed by atoms with Crippen LogP contribution in [0.15, 0.2) is 0 Å². The fourth-order valence-electron chi connectivity index (χ4n) is 2.57. The third-order valence-electron chi connectivity index (χ3n) is 2.79. The van der Waals surface area contributed by atoms with E-state index in [2.05, 4.69) is 27.7 Å². The highest BCUT2D eigenvalue weighted by atomic mass is 31.2. The Morgan fingerprint density at radius 1 is 0.571 bits per heavy atom. The van der Waals surface area contributed by atoms with Crippen LogP contribution < -0.4 is 0 Å². The molecule has 0 aromatic carbocycles. The molecule has 0 aliphatic heterocycles. The summed E-state index contributed by atoms with van der Waals surface area (Å²) in [7, 11) is -0.496. The van der Waals surface area contributed by atoms with Crippen molar-refractivity contribution in [1.82, 2.24) is 0 Å². The van der Waals surface area contributed by atoms with Crippen molar-refractivity contribution in [3.63, 3.8) is 0 Å². The molecule has 88 valence electrons. The molecule has 0 N–H and O–H groups in total. The molecule has 2 heteroatoms. The first-order valence-corrected chi connectivity index (χ1v) is 8.62. The third-order valence-corrected chi connectivity index (χ3v) is 8.38. The maximum atomic E-state index is 2.36. The van der Waals surface area contributed by atoms with E-state index < -0.39 is 7.26 Å². The van der Waals surface area contributed by atoms with Crippen molar-refractivity contribution in [3.8, 4) is 0 Å².